The molecule has 0 saturated carbocycles. The van der Waals surface area contributed by atoms with Gasteiger partial charge in [0.1, 0.15) is 5.60 Å². The SMILES string of the molecule is CC(C)(C)OC(=O)NCC(=O)NCC1CCN(C(=O)c2ccccc2I)CC1. The minimum atomic E-state index is -0.606. The minimum Gasteiger partial charge on any atom is -0.444 e. The largest absolute Gasteiger partial charge is 0.444 e. The highest BCUT2D eigenvalue weighted by Gasteiger charge is 2.25. The number of amides is 3. The molecule has 28 heavy (non-hydrogen) atoms. The molecule has 1 saturated heterocycles. The maximum atomic E-state index is 12.6. The Morgan fingerprint density at radius 1 is 1.14 bits per heavy atom. The van der Waals surface area contributed by atoms with E-state index < -0.39 is 11.7 Å². The van der Waals surface area contributed by atoms with Crippen LogP contribution in [-0.2, 0) is 9.53 Å². The number of alkyl carbamates (subject to hydrolysis) is 1. The van der Waals surface area contributed by atoms with Crippen molar-refractivity contribution in [2.24, 2.45) is 5.92 Å². The summed E-state index contributed by atoms with van der Waals surface area (Å²) in [6.45, 7) is 7.09. The van der Waals surface area contributed by atoms with Gasteiger partial charge in [0.05, 0.1) is 12.1 Å². The zero-order chi connectivity index (χ0) is 20.7. The first-order chi connectivity index (χ1) is 13.2. The highest BCUT2D eigenvalue weighted by Crippen LogP contribution is 2.20. The number of nitrogens with one attached hydrogen (secondary N) is 2. The van der Waals surface area contributed by atoms with Gasteiger partial charge in [0.25, 0.3) is 5.91 Å². The highest BCUT2D eigenvalue weighted by molar-refractivity contribution is 14.1. The van der Waals surface area contributed by atoms with Gasteiger partial charge in [0, 0.05) is 23.2 Å². The molecular weight excluding hydrogens is 473 g/mol. The third-order valence-electron chi connectivity index (χ3n) is 4.39. The van der Waals surface area contributed by atoms with Crippen molar-refractivity contribution < 1.29 is 19.1 Å². The summed E-state index contributed by atoms with van der Waals surface area (Å²) in [6, 6.07) is 7.59. The van der Waals surface area contributed by atoms with E-state index in [4.69, 9.17) is 4.74 Å². The van der Waals surface area contributed by atoms with Crippen LogP contribution < -0.4 is 10.6 Å². The fourth-order valence-corrected chi connectivity index (χ4v) is 3.55. The van der Waals surface area contributed by atoms with Crippen LogP contribution in [0.15, 0.2) is 24.3 Å². The average molecular weight is 501 g/mol. The second-order valence-electron chi connectivity index (χ2n) is 7.87. The lowest BCUT2D eigenvalue weighted by molar-refractivity contribution is -0.120. The van der Waals surface area contributed by atoms with Crippen LogP contribution in [0, 0.1) is 9.49 Å². The molecule has 1 fully saturated rings. The molecule has 0 spiro atoms. The van der Waals surface area contributed by atoms with E-state index in [9.17, 15) is 14.4 Å². The lowest BCUT2D eigenvalue weighted by Crippen LogP contribution is -2.44. The standard InChI is InChI=1S/C20H28IN3O4/c1-20(2,3)28-19(27)23-13-17(25)22-12-14-8-10-24(11-9-14)18(26)15-6-4-5-7-16(15)21/h4-7,14H,8-13H2,1-3H3,(H,22,25)(H,23,27). The Labute approximate surface area is 179 Å². The van der Waals surface area contributed by atoms with E-state index >= 15 is 0 Å². The molecule has 0 unspecified atom stereocenters. The van der Waals surface area contributed by atoms with Crippen molar-refractivity contribution in [3.63, 3.8) is 0 Å². The number of carbonyl (C=O) groups excluding carboxylic acids is 3. The predicted octanol–water partition coefficient (Wildman–Crippen LogP) is 2.78. The van der Waals surface area contributed by atoms with Gasteiger partial charge in [-0.05, 0) is 74.3 Å². The van der Waals surface area contributed by atoms with Crippen molar-refractivity contribution in [3.05, 3.63) is 33.4 Å². The summed E-state index contributed by atoms with van der Waals surface area (Å²) in [6.07, 6.45) is 1.08. The van der Waals surface area contributed by atoms with Gasteiger partial charge >= 0.3 is 6.09 Å². The molecule has 154 valence electrons. The number of nitrogens with zero attached hydrogens (tertiary/aromatic N) is 1. The van der Waals surface area contributed by atoms with Gasteiger partial charge < -0.3 is 20.3 Å². The Bertz CT molecular complexity index is 710. The van der Waals surface area contributed by atoms with E-state index in [1.165, 1.54) is 0 Å². The van der Waals surface area contributed by atoms with Gasteiger partial charge in [-0.2, -0.15) is 0 Å². The van der Waals surface area contributed by atoms with Crippen LogP contribution >= 0.6 is 22.6 Å². The van der Waals surface area contributed by atoms with Crippen LogP contribution in [0.5, 0.6) is 0 Å². The summed E-state index contributed by atoms with van der Waals surface area (Å²) in [5.41, 5.74) is 0.145. The first-order valence-corrected chi connectivity index (χ1v) is 10.5. The van der Waals surface area contributed by atoms with E-state index in [-0.39, 0.29) is 18.4 Å². The molecule has 1 heterocycles. The maximum Gasteiger partial charge on any atom is 0.408 e. The fourth-order valence-electron chi connectivity index (χ4n) is 2.93. The summed E-state index contributed by atoms with van der Waals surface area (Å²) in [7, 11) is 0. The summed E-state index contributed by atoms with van der Waals surface area (Å²) < 4.78 is 6.05. The molecule has 8 heteroatoms. The molecular formula is C20H28IN3O4. The number of rotatable bonds is 5. The molecule has 0 aliphatic carbocycles. The Hall–Kier alpha value is -1.84. The number of hydrogen-bond donors (Lipinski definition) is 2. The maximum absolute atomic E-state index is 12.6. The van der Waals surface area contributed by atoms with Crippen LogP contribution in [0.2, 0.25) is 0 Å². The number of carbonyl (C=O) groups is 3. The van der Waals surface area contributed by atoms with E-state index in [0.717, 1.165) is 22.0 Å². The third-order valence-corrected chi connectivity index (χ3v) is 5.33. The number of hydrogen-bond acceptors (Lipinski definition) is 4. The second-order valence-corrected chi connectivity index (χ2v) is 9.04. The van der Waals surface area contributed by atoms with Gasteiger partial charge in [0.2, 0.25) is 5.91 Å². The van der Waals surface area contributed by atoms with E-state index in [2.05, 4.69) is 33.2 Å². The molecule has 2 N–H and O–H groups in total. The zero-order valence-electron chi connectivity index (χ0n) is 16.6. The summed E-state index contributed by atoms with van der Waals surface area (Å²) in [5.74, 6) is 0.140. The predicted molar refractivity (Wildman–Crippen MR) is 115 cm³/mol. The number of halogens is 1. The van der Waals surface area contributed by atoms with Gasteiger partial charge in [-0.1, -0.05) is 12.1 Å². The van der Waals surface area contributed by atoms with Crippen molar-refractivity contribution in [1.29, 1.82) is 0 Å². The zero-order valence-corrected chi connectivity index (χ0v) is 18.7. The molecule has 0 atom stereocenters. The van der Waals surface area contributed by atoms with Crippen LogP contribution in [0.25, 0.3) is 0 Å². The molecule has 1 aliphatic heterocycles. The van der Waals surface area contributed by atoms with Crippen molar-refractivity contribution >= 4 is 40.5 Å². The lowest BCUT2D eigenvalue weighted by atomic mass is 9.96. The van der Waals surface area contributed by atoms with Gasteiger partial charge in [-0.15, -0.1) is 0 Å². The highest BCUT2D eigenvalue weighted by atomic mass is 127. The van der Waals surface area contributed by atoms with Crippen LogP contribution in [0.1, 0.15) is 44.0 Å². The normalized spacial score (nSPS) is 15.1. The van der Waals surface area contributed by atoms with Gasteiger partial charge in [-0.3, -0.25) is 9.59 Å². The van der Waals surface area contributed by atoms with Crippen molar-refractivity contribution in [2.75, 3.05) is 26.2 Å². The molecule has 1 aromatic rings. The first-order valence-electron chi connectivity index (χ1n) is 9.43. The molecule has 0 bridgehead atoms. The van der Waals surface area contributed by atoms with Crippen LogP contribution in [-0.4, -0.2) is 54.6 Å². The Kier molecular flexibility index (Phi) is 8.09. The smallest absolute Gasteiger partial charge is 0.408 e. The summed E-state index contributed by atoms with van der Waals surface area (Å²) in [4.78, 5) is 38.0. The molecule has 1 aromatic carbocycles. The molecule has 2 rings (SSSR count). The van der Waals surface area contributed by atoms with Gasteiger partial charge in [0.15, 0.2) is 0 Å². The van der Waals surface area contributed by atoms with Gasteiger partial charge in [-0.25, -0.2) is 4.79 Å². The molecule has 0 radical (unpaired) electrons. The molecule has 7 nitrogen and oxygen atoms in total. The Morgan fingerprint density at radius 2 is 1.79 bits per heavy atom. The molecule has 3 amide bonds. The van der Waals surface area contributed by atoms with E-state index in [0.29, 0.717) is 25.6 Å². The summed E-state index contributed by atoms with van der Waals surface area (Å²) in [5, 5.41) is 5.29. The second kappa shape index (κ2) is 10.1. The molecule has 0 aromatic heterocycles. The number of benzene rings is 1. The van der Waals surface area contributed by atoms with E-state index in [1.807, 2.05) is 29.2 Å². The van der Waals surface area contributed by atoms with Crippen molar-refractivity contribution in [3.8, 4) is 0 Å². The Morgan fingerprint density at radius 3 is 2.39 bits per heavy atom. The average Bonchev–Trinajstić information content (AvgIpc) is 2.63. The topological polar surface area (TPSA) is 87.7 Å². The minimum absolute atomic E-state index is 0.0639. The molecule has 1 aliphatic rings. The number of ether oxygens (including phenoxy) is 1. The third kappa shape index (κ3) is 7.29. The lowest BCUT2D eigenvalue weighted by Gasteiger charge is -2.32. The van der Waals surface area contributed by atoms with Crippen molar-refractivity contribution in [1.82, 2.24) is 15.5 Å². The first kappa shape index (κ1) is 22.4. The number of piperidine rings is 1. The van der Waals surface area contributed by atoms with Crippen LogP contribution in [0.3, 0.4) is 0 Å². The van der Waals surface area contributed by atoms with Crippen LogP contribution in [0.4, 0.5) is 4.79 Å². The number of likely N-dealkylation sites (tertiary alicyclic amines) is 1. The quantitative estimate of drug-likeness (QED) is 0.608. The monoisotopic (exact) mass is 501 g/mol. The van der Waals surface area contributed by atoms with E-state index in [1.54, 1.807) is 20.8 Å². The van der Waals surface area contributed by atoms with Crippen molar-refractivity contribution in [2.45, 2.75) is 39.2 Å². The Balaban J connectivity index is 1.68. The summed E-state index contributed by atoms with van der Waals surface area (Å²) >= 11 is 2.18. The fraction of sp³-hybridized carbons (Fsp3) is 0.550.